The second-order valence-corrected chi connectivity index (χ2v) is 5.57. The number of carbonyl (C=O) groups is 1. The summed E-state index contributed by atoms with van der Waals surface area (Å²) in [5, 5.41) is 13.4. The van der Waals surface area contributed by atoms with E-state index in [4.69, 9.17) is 9.47 Å². The van der Waals surface area contributed by atoms with E-state index in [1.165, 1.54) is 6.20 Å². The molecule has 24 heavy (non-hydrogen) atoms. The molecule has 0 saturated carbocycles. The molecule has 6 heteroatoms. The van der Waals surface area contributed by atoms with Crippen LogP contribution in [-0.4, -0.2) is 22.9 Å². The molecule has 0 unspecified atom stereocenters. The van der Waals surface area contributed by atoms with Crippen molar-refractivity contribution in [3.05, 3.63) is 53.7 Å². The number of nitrogens with one attached hydrogen (secondary N) is 1. The molecule has 2 heterocycles. The zero-order valence-electron chi connectivity index (χ0n) is 12.9. The number of pyridine rings is 1. The first-order valence-electron chi connectivity index (χ1n) is 7.41. The van der Waals surface area contributed by atoms with E-state index >= 15 is 0 Å². The molecular weight excluding hydrogens is 308 g/mol. The predicted molar refractivity (Wildman–Crippen MR) is 89.3 cm³/mol. The number of aromatic nitrogens is 1. The Balaban J connectivity index is 1.92. The number of nitrogens with zero attached hydrogens (tertiary/aromatic N) is 1. The largest absolute Gasteiger partial charge is 0.478 e. The molecule has 0 radical (unpaired) electrons. The first-order chi connectivity index (χ1) is 11.6. The third-order valence-corrected chi connectivity index (χ3v) is 3.88. The van der Waals surface area contributed by atoms with Crippen LogP contribution >= 0.6 is 0 Å². The topological polar surface area (TPSA) is 80.7 Å². The fourth-order valence-corrected chi connectivity index (χ4v) is 2.75. The number of carboxylic acid groups (broad SMARTS) is 1. The van der Waals surface area contributed by atoms with E-state index in [1.54, 1.807) is 12.1 Å². The molecule has 2 N–H and O–H groups in total. The highest BCUT2D eigenvalue weighted by Crippen LogP contribution is 2.39. The van der Waals surface area contributed by atoms with Crippen LogP contribution in [0.2, 0.25) is 0 Å². The van der Waals surface area contributed by atoms with Gasteiger partial charge in [-0.3, -0.25) is 4.98 Å². The number of rotatable bonds is 3. The second-order valence-electron chi connectivity index (χ2n) is 5.57. The van der Waals surface area contributed by atoms with Crippen LogP contribution in [-0.2, 0) is 0 Å². The van der Waals surface area contributed by atoms with E-state index in [0.29, 0.717) is 28.1 Å². The van der Waals surface area contributed by atoms with Crippen molar-refractivity contribution < 1.29 is 19.4 Å². The van der Waals surface area contributed by atoms with E-state index in [0.717, 1.165) is 11.3 Å². The van der Waals surface area contributed by atoms with Crippen LogP contribution in [0.4, 0.5) is 11.4 Å². The summed E-state index contributed by atoms with van der Waals surface area (Å²) in [5.74, 6) is 0.149. The van der Waals surface area contributed by atoms with E-state index < -0.39 is 5.97 Å². The molecule has 0 saturated heterocycles. The maximum absolute atomic E-state index is 11.6. The van der Waals surface area contributed by atoms with E-state index in [-0.39, 0.29) is 12.4 Å². The molecule has 1 aliphatic rings. The van der Waals surface area contributed by atoms with Gasteiger partial charge in [-0.2, -0.15) is 0 Å². The summed E-state index contributed by atoms with van der Waals surface area (Å²) in [5.41, 5.74) is 3.11. The molecule has 3 aromatic rings. The van der Waals surface area contributed by atoms with Gasteiger partial charge in [0.2, 0.25) is 6.79 Å². The van der Waals surface area contributed by atoms with Gasteiger partial charge in [-0.15, -0.1) is 0 Å². The zero-order valence-corrected chi connectivity index (χ0v) is 12.9. The van der Waals surface area contributed by atoms with Crippen molar-refractivity contribution in [3.63, 3.8) is 0 Å². The second kappa shape index (κ2) is 5.42. The SMILES string of the molecule is Cc1cccc(Nc2c(C(=O)O)cnc3cc4c(cc23)OCO4)c1. The van der Waals surface area contributed by atoms with Gasteiger partial charge in [-0.1, -0.05) is 12.1 Å². The van der Waals surface area contributed by atoms with Crippen LogP contribution < -0.4 is 14.8 Å². The van der Waals surface area contributed by atoms with Crippen LogP contribution in [0.1, 0.15) is 15.9 Å². The Bertz CT molecular complexity index is 969. The number of ether oxygens (including phenoxy) is 2. The highest BCUT2D eigenvalue weighted by molar-refractivity contribution is 6.06. The van der Waals surface area contributed by atoms with E-state index in [2.05, 4.69) is 10.3 Å². The molecule has 0 aliphatic carbocycles. The summed E-state index contributed by atoms with van der Waals surface area (Å²) in [4.78, 5) is 15.9. The number of carboxylic acids is 1. The first kappa shape index (κ1) is 14.3. The van der Waals surface area contributed by atoms with Crippen LogP contribution in [0.25, 0.3) is 10.9 Å². The van der Waals surface area contributed by atoms with E-state index in [1.807, 2.05) is 31.2 Å². The lowest BCUT2D eigenvalue weighted by molar-refractivity contribution is 0.0697. The van der Waals surface area contributed by atoms with Crippen molar-refractivity contribution in [2.75, 3.05) is 12.1 Å². The van der Waals surface area contributed by atoms with Crippen LogP contribution in [0.5, 0.6) is 11.5 Å². The fourth-order valence-electron chi connectivity index (χ4n) is 2.75. The van der Waals surface area contributed by atoms with Gasteiger partial charge in [-0.25, -0.2) is 4.79 Å². The summed E-state index contributed by atoms with van der Waals surface area (Å²) >= 11 is 0. The van der Waals surface area contributed by atoms with Gasteiger partial charge in [0.1, 0.15) is 5.56 Å². The maximum Gasteiger partial charge on any atom is 0.339 e. The lowest BCUT2D eigenvalue weighted by atomic mass is 10.1. The molecule has 0 amide bonds. The maximum atomic E-state index is 11.6. The number of aromatic carboxylic acids is 1. The lowest BCUT2D eigenvalue weighted by Crippen LogP contribution is -2.05. The lowest BCUT2D eigenvalue weighted by Gasteiger charge is -2.13. The Kier molecular flexibility index (Phi) is 3.23. The molecule has 0 atom stereocenters. The van der Waals surface area contributed by atoms with Crippen molar-refractivity contribution in [1.82, 2.24) is 4.98 Å². The highest BCUT2D eigenvalue weighted by atomic mass is 16.7. The number of hydrogen-bond acceptors (Lipinski definition) is 5. The van der Waals surface area contributed by atoms with Crippen molar-refractivity contribution >= 4 is 28.2 Å². The monoisotopic (exact) mass is 322 g/mol. The Morgan fingerprint density at radius 2 is 2.00 bits per heavy atom. The molecule has 0 bridgehead atoms. The Hall–Kier alpha value is -3.28. The minimum atomic E-state index is -1.04. The Labute approximate surface area is 137 Å². The number of benzene rings is 2. The molecule has 4 rings (SSSR count). The smallest absolute Gasteiger partial charge is 0.339 e. The van der Waals surface area contributed by atoms with Crippen molar-refractivity contribution in [2.45, 2.75) is 6.92 Å². The highest BCUT2D eigenvalue weighted by Gasteiger charge is 2.20. The number of fused-ring (bicyclic) bond motifs is 2. The zero-order chi connectivity index (χ0) is 16.7. The average Bonchev–Trinajstić information content (AvgIpc) is 3.00. The normalized spacial score (nSPS) is 12.4. The fraction of sp³-hybridized carbons (Fsp3) is 0.111. The first-order valence-corrected chi connectivity index (χ1v) is 7.41. The van der Waals surface area contributed by atoms with Crippen molar-refractivity contribution in [3.8, 4) is 11.5 Å². The van der Waals surface area contributed by atoms with E-state index in [9.17, 15) is 9.90 Å². The number of aryl methyl sites for hydroxylation is 1. The standard InChI is InChI=1S/C18H14N2O4/c1-10-3-2-4-11(5-10)20-17-12-6-15-16(24-9-23-15)7-14(12)19-8-13(17)18(21)22/h2-8H,9H2,1H3,(H,19,20)(H,21,22). The van der Waals surface area contributed by atoms with Crippen LogP contribution in [0.3, 0.4) is 0 Å². The predicted octanol–water partition coefficient (Wildman–Crippen LogP) is 3.71. The van der Waals surface area contributed by atoms with Gasteiger partial charge < -0.3 is 19.9 Å². The van der Waals surface area contributed by atoms with Crippen LogP contribution in [0, 0.1) is 6.92 Å². The molecule has 120 valence electrons. The summed E-state index contributed by atoms with van der Waals surface area (Å²) in [6.45, 7) is 2.13. The van der Waals surface area contributed by atoms with Gasteiger partial charge >= 0.3 is 5.97 Å². The van der Waals surface area contributed by atoms with Gasteiger partial charge in [0.15, 0.2) is 11.5 Å². The number of hydrogen-bond donors (Lipinski definition) is 2. The van der Waals surface area contributed by atoms with Crippen molar-refractivity contribution in [1.29, 1.82) is 0 Å². The minimum absolute atomic E-state index is 0.0999. The van der Waals surface area contributed by atoms with Crippen LogP contribution in [0.15, 0.2) is 42.6 Å². The van der Waals surface area contributed by atoms with Gasteiger partial charge in [0.05, 0.1) is 11.2 Å². The van der Waals surface area contributed by atoms with Gasteiger partial charge in [0, 0.05) is 23.3 Å². The Morgan fingerprint density at radius 1 is 1.21 bits per heavy atom. The third-order valence-electron chi connectivity index (χ3n) is 3.88. The summed E-state index contributed by atoms with van der Waals surface area (Å²) in [6, 6.07) is 11.2. The average molecular weight is 322 g/mol. The molecule has 6 nitrogen and oxygen atoms in total. The molecule has 1 aliphatic heterocycles. The Morgan fingerprint density at radius 3 is 2.75 bits per heavy atom. The van der Waals surface area contributed by atoms with Gasteiger partial charge in [0.25, 0.3) is 0 Å². The molecular formula is C18H14N2O4. The quantitative estimate of drug-likeness (QED) is 0.765. The molecule has 1 aromatic heterocycles. The van der Waals surface area contributed by atoms with Crippen molar-refractivity contribution in [2.24, 2.45) is 0 Å². The summed E-state index contributed by atoms with van der Waals surface area (Å²) < 4.78 is 10.8. The third kappa shape index (κ3) is 2.38. The molecule has 0 fully saturated rings. The summed E-state index contributed by atoms with van der Waals surface area (Å²) in [7, 11) is 0. The summed E-state index contributed by atoms with van der Waals surface area (Å²) in [6.07, 6.45) is 1.35. The van der Waals surface area contributed by atoms with Gasteiger partial charge in [-0.05, 0) is 30.7 Å². The molecule has 0 spiro atoms. The minimum Gasteiger partial charge on any atom is -0.478 e. The molecule has 2 aromatic carbocycles. The number of anilines is 2.